The van der Waals surface area contributed by atoms with E-state index in [0.717, 1.165) is 0 Å². The summed E-state index contributed by atoms with van der Waals surface area (Å²) in [6.45, 7) is -0.147. The molecule has 110 valence electrons. The number of hydrogen-bond donors (Lipinski definition) is 2. The van der Waals surface area contributed by atoms with E-state index in [-0.39, 0.29) is 18.7 Å². The van der Waals surface area contributed by atoms with Gasteiger partial charge in [-0.1, -0.05) is 0 Å². The van der Waals surface area contributed by atoms with E-state index in [9.17, 15) is 19.7 Å². The van der Waals surface area contributed by atoms with Gasteiger partial charge in [-0.3, -0.25) is 10.1 Å². The fraction of sp³-hybridized carbons (Fsp3) is 0.231. The summed E-state index contributed by atoms with van der Waals surface area (Å²) in [5.41, 5.74) is 0.447. The lowest BCUT2D eigenvalue weighted by molar-refractivity contribution is -0.384. The van der Waals surface area contributed by atoms with Crippen molar-refractivity contribution in [3.05, 3.63) is 39.9 Å². The maximum Gasteiger partial charge on any atom is 0.408 e. The number of benzene rings is 1. The number of amides is 1. The minimum atomic E-state index is -1.26. The number of nitro benzene ring substituents is 1. The summed E-state index contributed by atoms with van der Waals surface area (Å²) in [5, 5.41) is 21.4. The number of nitro groups is 1. The second kappa shape index (κ2) is 7.49. The summed E-state index contributed by atoms with van der Waals surface area (Å²) in [6, 6.07) is 4.19. The Morgan fingerprint density at radius 1 is 1.43 bits per heavy atom. The van der Waals surface area contributed by atoms with Crippen molar-refractivity contribution in [2.75, 3.05) is 0 Å². The van der Waals surface area contributed by atoms with Gasteiger partial charge >= 0.3 is 12.1 Å². The van der Waals surface area contributed by atoms with Gasteiger partial charge in [0.25, 0.3) is 5.69 Å². The van der Waals surface area contributed by atoms with Crippen molar-refractivity contribution in [1.82, 2.24) is 5.32 Å². The second-order valence-corrected chi connectivity index (χ2v) is 3.94. The van der Waals surface area contributed by atoms with E-state index in [1.165, 1.54) is 24.3 Å². The molecule has 0 aliphatic rings. The molecular formula is C13H12N2O6. The lowest BCUT2D eigenvalue weighted by Gasteiger charge is -2.12. The minimum absolute atomic E-state index is 0.0804. The maximum atomic E-state index is 11.4. The van der Waals surface area contributed by atoms with E-state index in [1.54, 1.807) is 0 Å². The first kappa shape index (κ1) is 16.0. The number of aliphatic carboxylic acids is 1. The Morgan fingerprint density at radius 2 is 2.05 bits per heavy atom. The van der Waals surface area contributed by atoms with Gasteiger partial charge in [-0.15, -0.1) is 12.3 Å². The standard InChI is InChI=1S/C13H12N2O6/c1-2-3-11(12(16)17)14-13(18)21-8-9-4-6-10(7-5-9)15(19)20/h1,4-7,11H,3,8H2,(H,14,18)(H,16,17). The molecule has 1 amide bonds. The Hall–Kier alpha value is -3.08. The molecule has 8 heteroatoms. The first-order valence-electron chi connectivity index (χ1n) is 5.77. The number of alkyl carbamates (subject to hydrolysis) is 1. The number of non-ortho nitro benzene ring substituents is 1. The lowest BCUT2D eigenvalue weighted by atomic mass is 10.2. The van der Waals surface area contributed by atoms with E-state index >= 15 is 0 Å². The normalized spacial score (nSPS) is 11.0. The molecule has 0 saturated carbocycles. The molecular weight excluding hydrogens is 280 g/mol. The number of ether oxygens (including phenoxy) is 1. The fourth-order valence-corrected chi connectivity index (χ4v) is 1.36. The molecule has 0 aliphatic heterocycles. The molecule has 8 nitrogen and oxygen atoms in total. The van der Waals surface area contributed by atoms with Crippen LogP contribution in [0.5, 0.6) is 0 Å². The molecule has 0 aromatic heterocycles. The number of carboxylic acid groups (broad SMARTS) is 1. The number of carboxylic acids is 1. The highest BCUT2D eigenvalue weighted by Gasteiger charge is 2.19. The zero-order chi connectivity index (χ0) is 15.8. The Kier molecular flexibility index (Phi) is 5.70. The average molecular weight is 292 g/mol. The van der Waals surface area contributed by atoms with Crippen LogP contribution >= 0.6 is 0 Å². The van der Waals surface area contributed by atoms with Crippen molar-refractivity contribution in [2.24, 2.45) is 0 Å². The lowest BCUT2D eigenvalue weighted by Crippen LogP contribution is -2.40. The van der Waals surface area contributed by atoms with Crippen LogP contribution in [-0.2, 0) is 16.1 Å². The van der Waals surface area contributed by atoms with Gasteiger partial charge in [0.2, 0.25) is 0 Å². The zero-order valence-corrected chi connectivity index (χ0v) is 10.8. The van der Waals surface area contributed by atoms with Gasteiger partial charge in [0.15, 0.2) is 0 Å². The highest BCUT2D eigenvalue weighted by atomic mass is 16.6. The Bertz CT molecular complexity index is 575. The van der Waals surface area contributed by atoms with Gasteiger partial charge in [0.1, 0.15) is 12.6 Å². The number of carbonyl (C=O) groups excluding carboxylic acids is 1. The van der Waals surface area contributed by atoms with Crippen molar-refractivity contribution >= 4 is 17.7 Å². The van der Waals surface area contributed by atoms with Crippen molar-refractivity contribution in [1.29, 1.82) is 0 Å². The largest absolute Gasteiger partial charge is 0.480 e. The van der Waals surface area contributed by atoms with Crippen LogP contribution in [0.2, 0.25) is 0 Å². The molecule has 0 fully saturated rings. The number of terminal acetylenes is 1. The number of carbonyl (C=O) groups is 2. The van der Waals surface area contributed by atoms with Gasteiger partial charge in [0.05, 0.1) is 4.92 Å². The van der Waals surface area contributed by atoms with Crippen molar-refractivity contribution in [3.8, 4) is 12.3 Å². The number of nitrogens with one attached hydrogen (secondary N) is 1. The van der Waals surface area contributed by atoms with Crippen LogP contribution in [-0.4, -0.2) is 28.1 Å². The summed E-state index contributed by atoms with van der Waals surface area (Å²) < 4.78 is 4.80. The molecule has 1 atom stereocenters. The fourth-order valence-electron chi connectivity index (χ4n) is 1.36. The minimum Gasteiger partial charge on any atom is -0.480 e. The quantitative estimate of drug-likeness (QED) is 0.463. The Balaban J connectivity index is 2.51. The predicted molar refractivity (Wildman–Crippen MR) is 71.3 cm³/mol. The average Bonchev–Trinajstić information content (AvgIpc) is 2.45. The van der Waals surface area contributed by atoms with Crippen LogP contribution in [0.15, 0.2) is 24.3 Å². The number of rotatable bonds is 6. The summed E-state index contributed by atoms with van der Waals surface area (Å²) >= 11 is 0. The van der Waals surface area contributed by atoms with Gasteiger partial charge in [0, 0.05) is 18.6 Å². The highest BCUT2D eigenvalue weighted by Crippen LogP contribution is 2.12. The van der Waals surface area contributed by atoms with Crippen molar-refractivity contribution in [3.63, 3.8) is 0 Å². The topological polar surface area (TPSA) is 119 Å². The first-order valence-corrected chi connectivity index (χ1v) is 5.77. The van der Waals surface area contributed by atoms with Crippen LogP contribution in [0.25, 0.3) is 0 Å². The van der Waals surface area contributed by atoms with Gasteiger partial charge in [-0.05, 0) is 17.7 Å². The molecule has 0 bridgehead atoms. The molecule has 1 aromatic rings. The van der Waals surface area contributed by atoms with Crippen molar-refractivity contribution in [2.45, 2.75) is 19.1 Å². The Morgan fingerprint density at radius 3 is 2.52 bits per heavy atom. The third kappa shape index (κ3) is 5.20. The Labute approximate surface area is 119 Å². The van der Waals surface area contributed by atoms with Crippen LogP contribution in [0.1, 0.15) is 12.0 Å². The zero-order valence-electron chi connectivity index (χ0n) is 10.8. The van der Waals surface area contributed by atoms with Crippen LogP contribution in [0.4, 0.5) is 10.5 Å². The monoisotopic (exact) mass is 292 g/mol. The highest BCUT2D eigenvalue weighted by molar-refractivity contribution is 5.80. The molecule has 1 aromatic carbocycles. The molecule has 0 heterocycles. The molecule has 0 saturated heterocycles. The summed E-state index contributed by atoms with van der Waals surface area (Å²) in [6.07, 6.45) is 3.89. The van der Waals surface area contributed by atoms with E-state index in [0.29, 0.717) is 5.56 Å². The van der Waals surface area contributed by atoms with Gasteiger partial charge in [-0.2, -0.15) is 0 Å². The van der Waals surface area contributed by atoms with E-state index < -0.39 is 23.0 Å². The molecule has 21 heavy (non-hydrogen) atoms. The number of hydrogen-bond acceptors (Lipinski definition) is 5. The summed E-state index contributed by atoms with van der Waals surface area (Å²) in [4.78, 5) is 32.1. The molecule has 1 unspecified atom stereocenters. The van der Waals surface area contributed by atoms with Crippen LogP contribution < -0.4 is 5.32 Å². The van der Waals surface area contributed by atoms with Gasteiger partial charge in [-0.25, -0.2) is 9.59 Å². The SMILES string of the molecule is C#CCC(NC(=O)OCc1ccc([N+](=O)[O-])cc1)C(=O)O. The van der Waals surface area contributed by atoms with E-state index in [4.69, 9.17) is 16.3 Å². The smallest absolute Gasteiger partial charge is 0.408 e. The van der Waals surface area contributed by atoms with E-state index in [1.807, 2.05) is 0 Å². The number of nitrogens with zero attached hydrogens (tertiary/aromatic N) is 1. The molecule has 2 N–H and O–H groups in total. The van der Waals surface area contributed by atoms with Gasteiger partial charge < -0.3 is 15.2 Å². The van der Waals surface area contributed by atoms with Crippen LogP contribution in [0, 0.1) is 22.5 Å². The second-order valence-electron chi connectivity index (χ2n) is 3.94. The summed E-state index contributed by atoms with van der Waals surface area (Å²) in [7, 11) is 0. The summed E-state index contributed by atoms with van der Waals surface area (Å²) in [5.74, 6) is 0.866. The maximum absolute atomic E-state index is 11.4. The third-order valence-electron chi connectivity index (χ3n) is 2.43. The third-order valence-corrected chi connectivity index (χ3v) is 2.43. The predicted octanol–water partition coefficient (Wildman–Crippen LogP) is 1.30. The van der Waals surface area contributed by atoms with Crippen molar-refractivity contribution < 1.29 is 24.4 Å². The first-order chi connectivity index (χ1) is 9.93. The van der Waals surface area contributed by atoms with Crippen LogP contribution in [0.3, 0.4) is 0 Å². The molecule has 1 rings (SSSR count). The molecule has 0 spiro atoms. The van der Waals surface area contributed by atoms with E-state index in [2.05, 4.69) is 11.2 Å². The molecule has 0 radical (unpaired) electrons. The molecule has 0 aliphatic carbocycles.